The van der Waals surface area contributed by atoms with Crippen LogP contribution in [0.15, 0.2) is 0 Å². The van der Waals surface area contributed by atoms with E-state index in [2.05, 4.69) is 16.8 Å². The molecule has 0 atom stereocenters. The topological polar surface area (TPSA) is 32.5 Å². The third-order valence-corrected chi connectivity index (χ3v) is 3.24. The van der Waals surface area contributed by atoms with Crippen LogP contribution in [0.1, 0.15) is 32.1 Å². The molecule has 0 saturated carbocycles. The first-order valence-corrected chi connectivity index (χ1v) is 6.44. The van der Waals surface area contributed by atoms with Crippen molar-refractivity contribution in [2.45, 2.75) is 32.1 Å². The third kappa shape index (κ3) is 6.13. The lowest BCUT2D eigenvalue weighted by Crippen LogP contribution is -2.29. The van der Waals surface area contributed by atoms with Gasteiger partial charge in [0.2, 0.25) is 0 Å². The number of likely N-dealkylation sites (N-methyl/N-ethyl adjacent to an activating group) is 1. The standard InChI is InChI=1S/C12H27N3/c1-14-8-6-10-15(12-11-14)9-5-3-2-4-7-13/h2-13H2,1H3. The van der Waals surface area contributed by atoms with Crippen LogP contribution in [0, 0.1) is 0 Å². The highest BCUT2D eigenvalue weighted by Crippen LogP contribution is 2.05. The summed E-state index contributed by atoms with van der Waals surface area (Å²) >= 11 is 0. The Kier molecular flexibility index (Phi) is 6.98. The smallest absolute Gasteiger partial charge is 0.0109 e. The molecular formula is C12H27N3. The van der Waals surface area contributed by atoms with Crippen molar-refractivity contribution in [2.24, 2.45) is 5.73 Å². The Bertz CT molecular complexity index is 150. The zero-order valence-corrected chi connectivity index (χ0v) is 10.2. The average molecular weight is 213 g/mol. The molecule has 0 radical (unpaired) electrons. The Morgan fingerprint density at radius 3 is 2.53 bits per heavy atom. The molecule has 3 heteroatoms. The number of rotatable bonds is 6. The number of unbranched alkanes of at least 4 members (excludes halogenated alkanes) is 3. The first kappa shape index (κ1) is 12.9. The molecule has 0 bridgehead atoms. The van der Waals surface area contributed by atoms with Crippen molar-refractivity contribution in [1.82, 2.24) is 9.80 Å². The summed E-state index contributed by atoms with van der Waals surface area (Å²) in [5.74, 6) is 0. The minimum absolute atomic E-state index is 0.856. The van der Waals surface area contributed by atoms with Crippen molar-refractivity contribution in [3.8, 4) is 0 Å². The van der Waals surface area contributed by atoms with Crippen LogP contribution in [0.5, 0.6) is 0 Å². The maximum absolute atomic E-state index is 5.47. The second kappa shape index (κ2) is 8.08. The zero-order chi connectivity index (χ0) is 10.9. The third-order valence-electron chi connectivity index (χ3n) is 3.24. The van der Waals surface area contributed by atoms with Crippen molar-refractivity contribution in [3.05, 3.63) is 0 Å². The van der Waals surface area contributed by atoms with Gasteiger partial charge in [-0.15, -0.1) is 0 Å². The first-order valence-electron chi connectivity index (χ1n) is 6.44. The van der Waals surface area contributed by atoms with Crippen molar-refractivity contribution >= 4 is 0 Å². The molecule has 1 aliphatic heterocycles. The molecule has 1 rings (SSSR count). The van der Waals surface area contributed by atoms with Crippen LogP contribution >= 0.6 is 0 Å². The van der Waals surface area contributed by atoms with Crippen LogP contribution in [-0.2, 0) is 0 Å². The summed E-state index contributed by atoms with van der Waals surface area (Å²) in [6, 6.07) is 0. The monoisotopic (exact) mass is 213 g/mol. The summed E-state index contributed by atoms with van der Waals surface area (Å²) < 4.78 is 0. The van der Waals surface area contributed by atoms with Crippen LogP contribution in [0.2, 0.25) is 0 Å². The second-order valence-corrected chi connectivity index (χ2v) is 4.70. The fourth-order valence-electron chi connectivity index (χ4n) is 2.16. The Labute approximate surface area is 94.6 Å². The maximum Gasteiger partial charge on any atom is 0.0109 e. The molecule has 0 unspecified atom stereocenters. The Morgan fingerprint density at radius 2 is 1.73 bits per heavy atom. The molecule has 3 nitrogen and oxygen atoms in total. The molecule has 2 N–H and O–H groups in total. The molecule has 0 aromatic carbocycles. The van der Waals surface area contributed by atoms with Crippen LogP contribution in [0.25, 0.3) is 0 Å². The van der Waals surface area contributed by atoms with E-state index in [0.29, 0.717) is 0 Å². The predicted octanol–water partition coefficient (Wildman–Crippen LogP) is 1.14. The lowest BCUT2D eigenvalue weighted by atomic mass is 10.2. The van der Waals surface area contributed by atoms with Gasteiger partial charge in [0, 0.05) is 13.1 Å². The summed E-state index contributed by atoms with van der Waals surface area (Å²) in [6.07, 6.45) is 6.54. The fraction of sp³-hybridized carbons (Fsp3) is 1.00. The molecule has 1 aliphatic rings. The lowest BCUT2D eigenvalue weighted by Gasteiger charge is -2.19. The van der Waals surface area contributed by atoms with E-state index < -0.39 is 0 Å². The molecular weight excluding hydrogens is 186 g/mol. The van der Waals surface area contributed by atoms with E-state index in [1.807, 2.05) is 0 Å². The summed E-state index contributed by atoms with van der Waals surface area (Å²) in [4.78, 5) is 5.06. The van der Waals surface area contributed by atoms with E-state index in [-0.39, 0.29) is 0 Å². The zero-order valence-electron chi connectivity index (χ0n) is 10.2. The number of nitrogens with two attached hydrogens (primary N) is 1. The van der Waals surface area contributed by atoms with E-state index >= 15 is 0 Å². The highest BCUT2D eigenvalue weighted by molar-refractivity contribution is 4.67. The molecule has 0 aromatic rings. The molecule has 0 amide bonds. The Balaban J connectivity index is 2.00. The van der Waals surface area contributed by atoms with Gasteiger partial charge in [0.1, 0.15) is 0 Å². The molecule has 1 heterocycles. The van der Waals surface area contributed by atoms with Gasteiger partial charge in [0.15, 0.2) is 0 Å². The molecule has 1 fully saturated rings. The lowest BCUT2D eigenvalue weighted by molar-refractivity contribution is 0.270. The summed E-state index contributed by atoms with van der Waals surface area (Å²) in [6.45, 7) is 7.20. The fourth-order valence-corrected chi connectivity index (χ4v) is 2.16. The average Bonchev–Trinajstić information content (AvgIpc) is 2.43. The number of hydrogen-bond donors (Lipinski definition) is 1. The van der Waals surface area contributed by atoms with Crippen LogP contribution in [0.3, 0.4) is 0 Å². The predicted molar refractivity (Wildman–Crippen MR) is 66.1 cm³/mol. The molecule has 1 saturated heterocycles. The van der Waals surface area contributed by atoms with Gasteiger partial charge in [0.05, 0.1) is 0 Å². The van der Waals surface area contributed by atoms with Gasteiger partial charge in [-0.1, -0.05) is 12.8 Å². The van der Waals surface area contributed by atoms with Crippen LogP contribution in [-0.4, -0.2) is 56.1 Å². The van der Waals surface area contributed by atoms with Gasteiger partial charge < -0.3 is 15.5 Å². The van der Waals surface area contributed by atoms with Crippen LogP contribution < -0.4 is 5.73 Å². The summed E-state index contributed by atoms with van der Waals surface area (Å²) in [7, 11) is 2.23. The van der Waals surface area contributed by atoms with Gasteiger partial charge in [0.25, 0.3) is 0 Å². The molecule has 0 spiro atoms. The normalized spacial score (nSPS) is 20.4. The van der Waals surface area contributed by atoms with Gasteiger partial charge in [-0.05, 0) is 52.5 Å². The Morgan fingerprint density at radius 1 is 0.933 bits per heavy atom. The molecule has 0 aromatic heterocycles. The maximum atomic E-state index is 5.47. The van der Waals surface area contributed by atoms with Crippen molar-refractivity contribution in [2.75, 3.05) is 46.3 Å². The molecule has 0 aliphatic carbocycles. The van der Waals surface area contributed by atoms with E-state index in [9.17, 15) is 0 Å². The van der Waals surface area contributed by atoms with Crippen molar-refractivity contribution < 1.29 is 0 Å². The SMILES string of the molecule is CN1CCCN(CCCCCCN)CC1. The van der Waals surface area contributed by atoms with E-state index in [1.54, 1.807) is 0 Å². The molecule has 90 valence electrons. The minimum Gasteiger partial charge on any atom is -0.330 e. The largest absolute Gasteiger partial charge is 0.330 e. The molecule has 15 heavy (non-hydrogen) atoms. The summed E-state index contributed by atoms with van der Waals surface area (Å²) in [5.41, 5.74) is 5.47. The second-order valence-electron chi connectivity index (χ2n) is 4.70. The van der Waals surface area contributed by atoms with Crippen molar-refractivity contribution in [1.29, 1.82) is 0 Å². The number of hydrogen-bond acceptors (Lipinski definition) is 3. The first-order chi connectivity index (χ1) is 7.33. The van der Waals surface area contributed by atoms with Gasteiger partial charge in [-0.2, -0.15) is 0 Å². The highest BCUT2D eigenvalue weighted by Gasteiger charge is 2.10. The van der Waals surface area contributed by atoms with Gasteiger partial charge in [-0.25, -0.2) is 0 Å². The van der Waals surface area contributed by atoms with Crippen molar-refractivity contribution in [3.63, 3.8) is 0 Å². The van der Waals surface area contributed by atoms with Crippen LogP contribution in [0.4, 0.5) is 0 Å². The Hall–Kier alpha value is -0.120. The van der Waals surface area contributed by atoms with E-state index in [1.165, 1.54) is 64.8 Å². The number of nitrogens with zero attached hydrogens (tertiary/aromatic N) is 2. The quantitative estimate of drug-likeness (QED) is 0.672. The van der Waals surface area contributed by atoms with E-state index in [0.717, 1.165) is 6.54 Å². The minimum atomic E-state index is 0.856. The summed E-state index contributed by atoms with van der Waals surface area (Å²) in [5, 5.41) is 0. The van der Waals surface area contributed by atoms with Gasteiger partial charge >= 0.3 is 0 Å². The van der Waals surface area contributed by atoms with E-state index in [4.69, 9.17) is 5.73 Å². The van der Waals surface area contributed by atoms with Gasteiger partial charge in [-0.3, -0.25) is 0 Å². The highest BCUT2D eigenvalue weighted by atomic mass is 15.2.